The Balaban J connectivity index is 1.81. The van der Waals surface area contributed by atoms with Gasteiger partial charge in [0.25, 0.3) is 0 Å². The van der Waals surface area contributed by atoms with E-state index in [0.717, 1.165) is 31.4 Å². The Morgan fingerprint density at radius 2 is 1.88 bits per heavy atom. The molecular formula is C20H19NO3. The lowest BCUT2D eigenvalue weighted by Crippen LogP contribution is -2.26. The van der Waals surface area contributed by atoms with Crippen molar-refractivity contribution in [3.63, 3.8) is 0 Å². The molecule has 0 aromatic heterocycles. The van der Waals surface area contributed by atoms with Crippen molar-refractivity contribution in [2.45, 2.75) is 25.4 Å². The van der Waals surface area contributed by atoms with E-state index in [9.17, 15) is 10.1 Å². The standard InChI is InChI=1S/C20H19NO3/c21-13-15-7-1-2-9-17(15)18-10-3-4-11-19(18)20(22)24-14-16-8-5-6-12-23-16/h1-4,7,9-11,16H,5-6,8,12,14H2. The van der Waals surface area contributed by atoms with Gasteiger partial charge in [0.1, 0.15) is 6.61 Å². The van der Waals surface area contributed by atoms with Crippen LogP contribution in [0.3, 0.4) is 0 Å². The van der Waals surface area contributed by atoms with E-state index in [-0.39, 0.29) is 18.7 Å². The summed E-state index contributed by atoms with van der Waals surface area (Å²) in [6, 6.07) is 16.6. The fourth-order valence-electron chi connectivity index (χ4n) is 2.90. The number of benzene rings is 2. The number of carbonyl (C=O) groups excluding carboxylic acids is 1. The molecule has 1 saturated heterocycles. The minimum Gasteiger partial charge on any atom is -0.459 e. The van der Waals surface area contributed by atoms with Gasteiger partial charge in [-0.1, -0.05) is 36.4 Å². The summed E-state index contributed by atoms with van der Waals surface area (Å²) in [5, 5.41) is 9.30. The Morgan fingerprint density at radius 1 is 1.12 bits per heavy atom. The fourth-order valence-corrected chi connectivity index (χ4v) is 2.90. The minimum atomic E-state index is -0.382. The third-order valence-electron chi connectivity index (χ3n) is 4.16. The highest BCUT2D eigenvalue weighted by molar-refractivity contribution is 5.98. The third-order valence-corrected chi connectivity index (χ3v) is 4.16. The average Bonchev–Trinajstić information content (AvgIpc) is 2.67. The summed E-state index contributed by atoms with van der Waals surface area (Å²) >= 11 is 0. The first-order valence-electron chi connectivity index (χ1n) is 8.17. The lowest BCUT2D eigenvalue weighted by molar-refractivity contribution is -0.0300. The molecule has 0 saturated carbocycles. The predicted octanol–water partition coefficient (Wildman–Crippen LogP) is 3.95. The van der Waals surface area contributed by atoms with Crippen molar-refractivity contribution in [3.8, 4) is 17.2 Å². The molecule has 3 rings (SSSR count). The average molecular weight is 321 g/mol. The van der Waals surface area contributed by atoms with E-state index in [1.807, 2.05) is 30.3 Å². The van der Waals surface area contributed by atoms with Crippen LogP contribution in [0.15, 0.2) is 48.5 Å². The van der Waals surface area contributed by atoms with Gasteiger partial charge >= 0.3 is 5.97 Å². The summed E-state index contributed by atoms with van der Waals surface area (Å²) in [5.41, 5.74) is 2.45. The van der Waals surface area contributed by atoms with Crippen molar-refractivity contribution < 1.29 is 14.3 Å². The normalized spacial score (nSPS) is 17.0. The molecule has 1 unspecified atom stereocenters. The van der Waals surface area contributed by atoms with Crippen LogP contribution in [0.1, 0.15) is 35.2 Å². The summed E-state index contributed by atoms with van der Waals surface area (Å²) < 4.78 is 11.1. The van der Waals surface area contributed by atoms with E-state index in [1.54, 1.807) is 18.2 Å². The maximum absolute atomic E-state index is 12.5. The Morgan fingerprint density at radius 3 is 2.62 bits per heavy atom. The molecule has 1 heterocycles. The third kappa shape index (κ3) is 3.64. The second kappa shape index (κ2) is 7.76. The summed E-state index contributed by atoms with van der Waals surface area (Å²) in [4.78, 5) is 12.5. The fraction of sp³-hybridized carbons (Fsp3) is 0.300. The van der Waals surface area contributed by atoms with Crippen LogP contribution in [-0.2, 0) is 9.47 Å². The first-order valence-corrected chi connectivity index (χ1v) is 8.17. The van der Waals surface area contributed by atoms with Crippen LogP contribution in [0, 0.1) is 11.3 Å². The molecular weight excluding hydrogens is 302 g/mol. The first kappa shape index (κ1) is 16.2. The molecule has 24 heavy (non-hydrogen) atoms. The van der Waals surface area contributed by atoms with Gasteiger partial charge in [-0.05, 0) is 37.0 Å². The van der Waals surface area contributed by atoms with Gasteiger partial charge in [-0.2, -0.15) is 5.26 Å². The molecule has 0 radical (unpaired) electrons. The Labute approximate surface area is 141 Å². The van der Waals surface area contributed by atoms with Gasteiger partial charge in [-0.25, -0.2) is 4.79 Å². The van der Waals surface area contributed by atoms with Gasteiger partial charge in [-0.15, -0.1) is 0 Å². The van der Waals surface area contributed by atoms with E-state index >= 15 is 0 Å². The topological polar surface area (TPSA) is 59.3 Å². The molecule has 4 nitrogen and oxygen atoms in total. The molecule has 0 N–H and O–H groups in total. The van der Waals surface area contributed by atoms with Crippen molar-refractivity contribution in [3.05, 3.63) is 59.7 Å². The predicted molar refractivity (Wildman–Crippen MR) is 90.5 cm³/mol. The highest BCUT2D eigenvalue weighted by Crippen LogP contribution is 2.27. The van der Waals surface area contributed by atoms with E-state index in [0.29, 0.717) is 16.7 Å². The molecule has 1 fully saturated rings. The van der Waals surface area contributed by atoms with Crippen molar-refractivity contribution in [2.75, 3.05) is 13.2 Å². The van der Waals surface area contributed by atoms with Crippen molar-refractivity contribution in [1.29, 1.82) is 5.26 Å². The largest absolute Gasteiger partial charge is 0.459 e. The molecule has 0 amide bonds. The summed E-state index contributed by atoms with van der Waals surface area (Å²) in [7, 11) is 0. The van der Waals surface area contributed by atoms with Gasteiger partial charge < -0.3 is 9.47 Å². The molecule has 1 aliphatic rings. The second-order valence-corrected chi connectivity index (χ2v) is 5.79. The van der Waals surface area contributed by atoms with E-state index in [2.05, 4.69) is 6.07 Å². The minimum absolute atomic E-state index is 0.0127. The van der Waals surface area contributed by atoms with Crippen molar-refractivity contribution in [1.82, 2.24) is 0 Å². The molecule has 1 aliphatic heterocycles. The smallest absolute Gasteiger partial charge is 0.338 e. The highest BCUT2D eigenvalue weighted by Gasteiger charge is 2.19. The zero-order valence-corrected chi connectivity index (χ0v) is 13.4. The van der Waals surface area contributed by atoms with Crippen molar-refractivity contribution in [2.24, 2.45) is 0 Å². The van der Waals surface area contributed by atoms with Crippen LogP contribution in [0.4, 0.5) is 0 Å². The van der Waals surface area contributed by atoms with Crippen molar-refractivity contribution >= 4 is 5.97 Å². The molecule has 0 spiro atoms. The number of hydrogen-bond acceptors (Lipinski definition) is 4. The zero-order chi connectivity index (χ0) is 16.8. The Bertz CT molecular complexity index is 757. The second-order valence-electron chi connectivity index (χ2n) is 5.79. The number of hydrogen-bond donors (Lipinski definition) is 0. The Hall–Kier alpha value is -2.64. The molecule has 2 aromatic carbocycles. The molecule has 4 heteroatoms. The molecule has 2 aromatic rings. The zero-order valence-electron chi connectivity index (χ0n) is 13.4. The molecule has 0 aliphatic carbocycles. The number of ether oxygens (including phenoxy) is 2. The lowest BCUT2D eigenvalue weighted by Gasteiger charge is -2.22. The van der Waals surface area contributed by atoms with Crippen LogP contribution in [0.2, 0.25) is 0 Å². The maximum atomic E-state index is 12.5. The number of rotatable bonds is 4. The lowest BCUT2D eigenvalue weighted by atomic mass is 9.96. The monoisotopic (exact) mass is 321 g/mol. The number of nitriles is 1. The Kier molecular flexibility index (Phi) is 5.25. The van der Waals surface area contributed by atoms with E-state index in [4.69, 9.17) is 9.47 Å². The molecule has 0 bridgehead atoms. The molecule has 122 valence electrons. The van der Waals surface area contributed by atoms with Gasteiger partial charge in [-0.3, -0.25) is 0 Å². The molecule has 1 atom stereocenters. The van der Waals surface area contributed by atoms with Crippen LogP contribution in [0.25, 0.3) is 11.1 Å². The first-order chi connectivity index (χ1) is 11.8. The summed E-state index contributed by atoms with van der Waals surface area (Å²) in [6.07, 6.45) is 3.08. The highest BCUT2D eigenvalue weighted by atomic mass is 16.6. The quantitative estimate of drug-likeness (QED) is 0.800. The summed E-state index contributed by atoms with van der Waals surface area (Å²) in [5.74, 6) is -0.382. The summed E-state index contributed by atoms with van der Waals surface area (Å²) in [6.45, 7) is 1.00. The van der Waals surface area contributed by atoms with E-state index < -0.39 is 0 Å². The van der Waals surface area contributed by atoms with Crippen LogP contribution < -0.4 is 0 Å². The van der Waals surface area contributed by atoms with Gasteiger partial charge in [0.15, 0.2) is 0 Å². The number of esters is 1. The van der Waals surface area contributed by atoms with Crippen LogP contribution in [0.5, 0.6) is 0 Å². The maximum Gasteiger partial charge on any atom is 0.338 e. The number of carbonyl (C=O) groups is 1. The van der Waals surface area contributed by atoms with Gasteiger partial charge in [0.05, 0.1) is 23.3 Å². The van der Waals surface area contributed by atoms with Crippen LogP contribution in [-0.4, -0.2) is 25.3 Å². The van der Waals surface area contributed by atoms with Gasteiger partial charge in [0, 0.05) is 12.2 Å². The number of nitrogens with zero attached hydrogens (tertiary/aromatic N) is 1. The van der Waals surface area contributed by atoms with Crippen LogP contribution >= 0.6 is 0 Å². The van der Waals surface area contributed by atoms with Gasteiger partial charge in [0.2, 0.25) is 0 Å². The SMILES string of the molecule is N#Cc1ccccc1-c1ccccc1C(=O)OCC1CCCCO1. The van der Waals surface area contributed by atoms with E-state index in [1.165, 1.54) is 0 Å².